The molecule has 1 aromatic carbocycles. The van der Waals surface area contributed by atoms with E-state index in [0.29, 0.717) is 17.1 Å². The molecule has 0 saturated carbocycles. The summed E-state index contributed by atoms with van der Waals surface area (Å²) in [5.74, 6) is 0.656. The van der Waals surface area contributed by atoms with Gasteiger partial charge in [-0.05, 0) is 43.2 Å². The molecular formula is C15H16N4. The number of hydrogen-bond acceptors (Lipinski definition) is 4. The van der Waals surface area contributed by atoms with E-state index in [1.165, 1.54) is 17.3 Å². The SMILES string of the molecule is Cc1cc(C)cc(N(C)c2ncc(C#N)cc2N)c1. The van der Waals surface area contributed by atoms with Gasteiger partial charge in [-0.15, -0.1) is 0 Å². The van der Waals surface area contributed by atoms with E-state index in [4.69, 9.17) is 11.0 Å². The molecule has 96 valence electrons. The lowest BCUT2D eigenvalue weighted by atomic mass is 10.1. The molecule has 0 bridgehead atoms. The summed E-state index contributed by atoms with van der Waals surface area (Å²) in [6.45, 7) is 4.11. The zero-order valence-corrected chi connectivity index (χ0v) is 11.3. The molecule has 4 heteroatoms. The van der Waals surface area contributed by atoms with Crippen molar-refractivity contribution in [1.82, 2.24) is 4.98 Å². The van der Waals surface area contributed by atoms with Crippen molar-refractivity contribution in [2.75, 3.05) is 17.7 Å². The minimum atomic E-state index is 0.468. The number of nitrogen functional groups attached to an aromatic ring is 1. The Kier molecular flexibility index (Phi) is 3.39. The Morgan fingerprint density at radius 2 is 1.79 bits per heavy atom. The molecule has 2 rings (SSSR count). The molecule has 0 spiro atoms. The van der Waals surface area contributed by atoms with Gasteiger partial charge in [-0.25, -0.2) is 4.98 Å². The van der Waals surface area contributed by atoms with Crippen molar-refractivity contribution >= 4 is 17.2 Å². The van der Waals surface area contributed by atoms with Crippen LogP contribution in [0.4, 0.5) is 17.2 Å². The van der Waals surface area contributed by atoms with Gasteiger partial charge in [-0.1, -0.05) is 6.07 Å². The highest BCUT2D eigenvalue weighted by atomic mass is 15.2. The molecule has 0 saturated heterocycles. The monoisotopic (exact) mass is 252 g/mol. The Morgan fingerprint density at radius 3 is 2.32 bits per heavy atom. The molecule has 0 fully saturated rings. The zero-order chi connectivity index (χ0) is 14.0. The molecule has 0 amide bonds. The van der Waals surface area contributed by atoms with Crippen LogP contribution >= 0.6 is 0 Å². The van der Waals surface area contributed by atoms with Crippen molar-refractivity contribution in [2.45, 2.75) is 13.8 Å². The summed E-state index contributed by atoms with van der Waals surface area (Å²) in [5.41, 5.74) is 10.3. The first-order valence-corrected chi connectivity index (χ1v) is 5.99. The lowest BCUT2D eigenvalue weighted by Gasteiger charge is -2.21. The minimum absolute atomic E-state index is 0.468. The zero-order valence-electron chi connectivity index (χ0n) is 11.3. The summed E-state index contributed by atoms with van der Waals surface area (Å²) in [6, 6.07) is 9.94. The molecule has 0 unspecified atom stereocenters. The molecule has 1 aromatic heterocycles. The highest BCUT2D eigenvalue weighted by molar-refractivity contribution is 5.72. The molecule has 0 aliphatic carbocycles. The van der Waals surface area contributed by atoms with Gasteiger partial charge in [0.2, 0.25) is 0 Å². The predicted octanol–water partition coefficient (Wildman–Crippen LogP) is 2.92. The summed E-state index contributed by atoms with van der Waals surface area (Å²) in [7, 11) is 1.92. The van der Waals surface area contributed by atoms with Crippen LogP contribution in [0.15, 0.2) is 30.5 Å². The molecule has 1 heterocycles. The quantitative estimate of drug-likeness (QED) is 0.892. The van der Waals surface area contributed by atoms with Gasteiger partial charge in [-0.3, -0.25) is 0 Å². The number of nitrogens with two attached hydrogens (primary N) is 1. The van der Waals surface area contributed by atoms with Crippen molar-refractivity contribution in [3.05, 3.63) is 47.2 Å². The third kappa shape index (κ3) is 2.66. The number of aryl methyl sites for hydroxylation is 2. The van der Waals surface area contributed by atoms with Crippen LogP contribution in [0.3, 0.4) is 0 Å². The van der Waals surface area contributed by atoms with Crippen LogP contribution in [0, 0.1) is 25.2 Å². The number of nitrogens with zero attached hydrogens (tertiary/aromatic N) is 3. The fraction of sp³-hybridized carbons (Fsp3) is 0.200. The number of benzene rings is 1. The third-order valence-corrected chi connectivity index (χ3v) is 2.94. The Labute approximate surface area is 113 Å². The minimum Gasteiger partial charge on any atom is -0.396 e. The number of anilines is 3. The summed E-state index contributed by atoms with van der Waals surface area (Å²) in [5, 5.41) is 8.82. The maximum absolute atomic E-state index is 8.82. The normalized spacial score (nSPS) is 10.0. The van der Waals surface area contributed by atoms with E-state index in [2.05, 4.69) is 37.0 Å². The second-order valence-electron chi connectivity index (χ2n) is 4.65. The predicted molar refractivity (Wildman–Crippen MR) is 77.3 cm³/mol. The van der Waals surface area contributed by atoms with Crippen molar-refractivity contribution in [3.63, 3.8) is 0 Å². The molecule has 4 nitrogen and oxygen atoms in total. The van der Waals surface area contributed by atoms with E-state index in [-0.39, 0.29) is 0 Å². The molecule has 0 aliphatic heterocycles. The molecule has 19 heavy (non-hydrogen) atoms. The first-order valence-electron chi connectivity index (χ1n) is 5.99. The Morgan fingerprint density at radius 1 is 1.16 bits per heavy atom. The number of pyridine rings is 1. The van der Waals surface area contributed by atoms with Gasteiger partial charge in [0.05, 0.1) is 11.3 Å². The van der Waals surface area contributed by atoms with Gasteiger partial charge in [0.1, 0.15) is 6.07 Å². The first kappa shape index (κ1) is 12.9. The van der Waals surface area contributed by atoms with E-state index < -0.39 is 0 Å². The van der Waals surface area contributed by atoms with Crippen molar-refractivity contribution in [1.29, 1.82) is 5.26 Å². The summed E-state index contributed by atoms with van der Waals surface area (Å²) < 4.78 is 0. The van der Waals surface area contributed by atoms with Crippen LogP contribution < -0.4 is 10.6 Å². The Bertz CT molecular complexity index is 635. The van der Waals surface area contributed by atoms with Gasteiger partial charge in [0, 0.05) is 18.9 Å². The van der Waals surface area contributed by atoms with Gasteiger partial charge < -0.3 is 10.6 Å². The number of aromatic nitrogens is 1. The second-order valence-corrected chi connectivity index (χ2v) is 4.65. The maximum Gasteiger partial charge on any atom is 0.156 e. The number of rotatable bonds is 2. The van der Waals surface area contributed by atoms with E-state index in [1.54, 1.807) is 6.07 Å². The van der Waals surface area contributed by atoms with E-state index in [0.717, 1.165) is 5.69 Å². The van der Waals surface area contributed by atoms with Crippen LogP contribution in [0.25, 0.3) is 0 Å². The standard InChI is InChI=1S/C15H16N4/c1-10-4-11(2)6-13(5-10)19(3)15-14(17)7-12(8-16)9-18-15/h4-7,9H,17H2,1-3H3. The van der Waals surface area contributed by atoms with Gasteiger partial charge in [-0.2, -0.15) is 5.26 Å². The third-order valence-electron chi connectivity index (χ3n) is 2.94. The van der Waals surface area contributed by atoms with E-state index in [9.17, 15) is 0 Å². The number of hydrogen-bond donors (Lipinski definition) is 1. The molecule has 0 aliphatic rings. The van der Waals surface area contributed by atoms with Crippen molar-refractivity contribution < 1.29 is 0 Å². The van der Waals surface area contributed by atoms with E-state index >= 15 is 0 Å². The summed E-state index contributed by atoms with van der Waals surface area (Å²) in [4.78, 5) is 6.19. The number of nitriles is 1. The smallest absolute Gasteiger partial charge is 0.156 e. The van der Waals surface area contributed by atoms with Crippen molar-refractivity contribution in [2.24, 2.45) is 0 Å². The van der Waals surface area contributed by atoms with Gasteiger partial charge >= 0.3 is 0 Å². The Balaban J connectivity index is 2.44. The lowest BCUT2D eigenvalue weighted by molar-refractivity contribution is 1.12. The molecule has 2 N–H and O–H groups in total. The fourth-order valence-electron chi connectivity index (χ4n) is 2.08. The second kappa shape index (κ2) is 4.99. The van der Waals surface area contributed by atoms with Crippen LogP contribution in [0.1, 0.15) is 16.7 Å². The fourth-order valence-corrected chi connectivity index (χ4v) is 2.08. The Hall–Kier alpha value is -2.54. The lowest BCUT2D eigenvalue weighted by Crippen LogP contribution is -2.14. The molecular weight excluding hydrogens is 236 g/mol. The van der Waals surface area contributed by atoms with E-state index in [1.807, 2.05) is 18.0 Å². The van der Waals surface area contributed by atoms with Gasteiger partial charge in [0.15, 0.2) is 5.82 Å². The molecule has 2 aromatic rings. The maximum atomic E-state index is 8.82. The first-order chi connectivity index (χ1) is 9.01. The van der Waals surface area contributed by atoms with Crippen LogP contribution in [0.5, 0.6) is 0 Å². The van der Waals surface area contributed by atoms with Crippen LogP contribution in [-0.4, -0.2) is 12.0 Å². The molecule has 0 radical (unpaired) electrons. The molecule has 0 atom stereocenters. The topological polar surface area (TPSA) is 65.9 Å². The highest BCUT2D eigenvalue weighted by Gasteiger charge is 2.10. The van der Waals surface area contributed by atoms with Crippen LogP contribution in [-0.2, 0) is 0 Å². The summed E-state index contributed by atoms with van der Waals surface area (Å²) in [6.07, 6.45) is 1.53. The van der Waals surface area contributed by atoms with Crippen LogP contribution in [0.2, 0.25) is 0 Å². The average Bonchev–Trinajstić information content (AvgIpc) is 2.36. The highest BCUT2D eigenvalue weighted by Crippen LogP contribution is 2.28. The summed E-state index contributed by atoms with van der Waals surface area (Å²) >= 11 is 0. The van der Waals surface area contributed by atoms with Crippen molar-refractivity contribution in [3.8, 4) is 6.07 Å². The largest absolute Gasteiger partial charge is 0.396 e. The van der Waals surface area contributed by atoms with Gasteiger partial charge in [0.25, 0.3) is 0 Å². The average molecular weight is 252 g/mol.